The van der Waals surface area contributed by atoms with Gasteiger partial charge in [-0.15, -0.1) is 0 Å². The molecule has 9 heavy (non-hydrogen) atoms. The van der Waals surface area contributed by atoms with Crippen LogP contribution in [0, 0.1) is 6.92 Å². The van der Waals surface area contributed by atoms with Crippen LogP contribution in [0.3, 0.4) is 0 Å². The molecule has 0 heterocycles. The standard InChI is InChI=1S/C5H9N2O2/c1-2-3-4(8)7-5(6)9/h1-3H2,(H3,6,7,8,9). The van der Waals surface area contributed by atoms with Gasteiger partial charge >= 0.3 is 6.03 Å². The molecule has 0 rings (SSSR count). The Balaban J connectivity index is 3.39. The van der Waals surface area contributed by atoms with Gasteiger partial charge in [0.1, 0.15) is 0 Å². The molecule has 0 saturated heterocycles. The summed E-state index contributed by atoms with van der Waals surface area (Å²) in [5.74, 6) is -0.377. The predicted octanol–water partition coefficient (Wildman–Crippen LogP) is -0.204. The maximum absolute atomic E-state index is 10.4. The van der Waals surface area contributed by atoms with Crippen LogP contribution < -0.4 is 11.1 Å². The molecule has 4 nitrogen and oxygen atoms in total. The van der Waals surface area contributed by atoms with Crippen molar-refractivity contribution in [1.29, 1.82) is 0 Å². The second kappa shape index (κ2) is 3.88. The van der Waals surface area contributed by atoms with Gasteiger partial charge in [0.25, 0.3) is 0 Å². The number of carbonyl (C=O) groups excluding carboxylic acids is 2. The molecule has 51 valence electrons. The lowest BCUT2D eigenvalue weighted by molar-refractivity contribution is -0.119. The van der Waals surface area contributed by atoms with Gasteiger partial charge < -0.3 is 5.73 Å². The minimum atomic E-state index is -0.812. The molecule has 0 aliphatic carbocycles. The van der Waals surface area contributed by atoms with Gasteiger partial charge in [-0.05, 0) is 6.42 Å². The number of hydrogen-bond acceptors (Lipinski definition) is 2. The van der Waals surface area contributed by atoms with Gasteiger partial charge in [0.2, 0.25) is 5.91 Å². The van der Waals surface area contributed by atoms with Crippen molar-refractivity contribution < 1.29 is 9.59 Å². The van der Waals surface area contributed by atoms with Gasteiger partial charge in [-0.3, -0.25) is 10.1 Å². The van der Waals surface area contributed by atoms with E-state index in [2.05, 4.69) is 12.7 Å². The van der Waals surface area contributed by atoms with Crippen molar-refractivity contribution in [2.24, 2.45) is 5.73 Å². The molecule has 0 unspecified atom stereocenters. The molecule has 0 aliphatic rings. The van der Waals surface area contributed by atoms with E-state index in [1.54, 1.807) is 0 Å². The van der Waals surface area contributed by atoms with Crippen molar-refractivity contribution in [3.05, 3.63) is 6.92 Å². The molecular weight excluding hydrogens is 120 g/mol. The topological polar surface area (TPSA) is 72.2 Å². The van der Waals surface area contributed by atoms with Crippen molar-refractivity contribution in [1.82, 2.24) is 5.32 Å². The fourth-order valence-electron chi connectivity index (χ4n) is 0.360. The summed E-state index contributed by atoms with van der Waals surface area (Å²) < 4.78 is 0. The van der Waals surface area contributed by atoms with Gasteiger partial charge in [0.15, 0.2) is 0 Å². The Morgan fingerprint density at radius 2 is 2.11 bits per heavy atom. The highest BCUT2D eigenvalue weighted by Gasteiger charge is 1.99. The summed E-state index contributed by atoms with van der Waals surface area (Å²) >= 11 is 0. The highest BCUT2D eigenvalue weighted by Crippen LogP contribution is 1.83. The summed E-state index contributed by atoms with van der Waals surface area (Å²) in [7, 11) is 0. The van der Waals surface area contributed by atoms with Crippen molar-refractivity contribution in [3.8, 4) is 0 Å². The van der Waals surface area contributed by atoms with Crippen molar-refractivity contribution in [3.63, 3.8) is 0 Å². The van der Waals surface area contributed by atoms with Crippen LogP contribution in [0.25, 0.3) is 0 Å². The van der Waals surface area contributed by atoms with E-state index in [4.69, 9.17) is 0 Å². The molecule has 0 aromatic heterocycles. The van der Waals surface area contributed by atoms with E-state index in [9.17, 15) is 9.59 Å². The Morgan fingerprint density at radius 1 is 1.56 bits per heavy atom. The predicted molar refractivity (Wildman–Crippen MR) is 32.3 cm³/mol. The average molecular weight is 129 g/mol. The summed E-state index contributed by atoms with van der Waals surface area (Å²) in [5.41, 5.74) is 4.63. The Labute approximate surface area is 53.4 Å². The summed E-state index contributed by atoms with van der Waals surface area (Å²) in [6.45, 7) is 3.42. The molecule has 0 aliphatic heterocycles. The number of urea groups is 1. The van der Waals surface area contributed by atoms with Gasteiger partial charge in [-0.25, -0.2) is 4.79 Å². The van der Waals surface area contributed by atoms with Crippen molar-refractivity contribution >= 4 is 11.9 Å². The average Bonchev–Trinajstić information content (AvgIpc) is 1.63. The summed E-state index contributed by atoms with van der Waals surface area (Å²) in [5, 5.41) is 1.90. The minimum Gasteiger partial charge on any atom is -0.351 e. The smallest absolute Gasteiger partial charge is 0.318 e. The first-order chi connectivity index (χ1) is 4.16. The third-order valence-electron chi connectivity index (χ3n) is 0.666. The number of hydrogen-bond donors (Lipinski definition) is 2. The Morgan fingerprint density at radius 3 is 2.44 bits per heavy atom. The largest absolute Gasteiger partial charge is 0.351 e. The molecule has 4 heteroatoms. The quantitative estimate of drug-likeness (QED) is 0.541. The summed E-state index contributed by atoms with van der Waals surface area (Å²) in [6.07, 6.45) is 0.710. The number of primary amides is 1. The number of amides is 3. The molecular formula is C5H9N2O2. The minimum absolute atomic E-state index is 0.239. The van der Waals surface area contributed by atoms with Crippen LogP contribution in [-0.2, 0) is 4.79 Å². The van der Waals surface area contributed by atoms with E-state index in [0.717, 1.165) is 0 Å². The number of imide groups is 1. The summed E-state index contributed by atoms with van der Waals surface area (Å²) in [6, 6.07) is -0.812. The van der Waals surface area contributed by atoms with E-state index in [1.807, 2.05) is 5.32 Å². The highest BCUT2D eigenvalue weighted by atomic mass is 16.2. The van der Waals surface area contributed by atoms with Crippen molar-refractivity contribution in [2.75, 3.05) is 0 Å². The van der Waals surface area contributed by atoms with Crippen LogP contribution in [0.5, 0.6) is 0 Å². The van der Waals surface area contributed by atoms with Crippen LogP contribution in [-0.4, -0.2) is 11.9 Å². The molecule has 0 aromatic rings. The van der Waals surface area contributed by atoms with Gasteiger partial charge in [0, 0.05) is 6.42 Å². The van der Waals surface area contributed by atoms with Gasteiger partial charge in [-0.1, -0.05) is 6.92 Å². The molecule has 0 bridgehead atoms. The first kappa shape index (κ1) is 7.94. The number of nitrogens with one attached hydrogen (secondary N) is 1. The lowest BCUT2D eigenvalue weighted by Gasteiger charge is -1.95. The molecule has 0 aromatic carbocycles. The fraction of sp³-hybridized carbons (Fsp3) is 0.400. The monoisotopic (exact) mass is 129 g/mol. The Hall–Kier alpha value is -1.06. The van der Waals surface area contributed by atoms with Crippen molar-refractivity contribution in [2.45, 2.75) is 12.8 Å². The van der Waals surface area contributed by atoms with Crippen LogP contribution in [0.2, 0.25) is 0 Å². The molecule has 0 fully saturated rings. The number of carbonyl (C=O) groups is 2. The molecule has 0 spiro atoms. The zero-order chi connectivity index (χ0) is 7.28. The SMILES string of the molecule is [CH2]CCC(=O)NC(N)=O. The van der Waals surface area contributed by atoms with E-state index >= 15 is 0 Å². The second-order valence-electron chi connectivity index (χ2n) is 1.52. The zero-order valence-electron chi connectivity index (χ0n) is 5.02. The zero-order valence-corrected chi connectivity index (χ0v) is 5.02. The van der Waals surface area contributed by atoms with E-state index < -0.39 is 6.03 Å². The second-order valence-corrected chi connectivity index (χ2v) is 1.52. The van der Waals surface area contributed by atoms with Crippen LogP contribution in [0.1, 0.15) is 12.8 Å². The third kappa shape index (κ3) is 4.80. The normalized spacial score (nSPS) is 8.56. The van der Waals surface area contributed by atoms with E-state index in [-0.39, 0.29) is 12.3 Å². The van der Waals surface area contributed by atoms with Gasteiger partial charge in [-0.2, -0.15) is 0 Å². The van der Waals surface area contributed by atoms with Gasteiger partial charge in [0.05, 0.1) is 0 Å². The fourth-order valence-corrected chi connectivity index (χ4v) is 0.360. The first-order valence-corrected chi connectivity index (χ1v) is 2.55. The molecule has 0 saturated carbocycles. The summed E-state index contributed by atoms with van der Waals surface area (Å²) in [4.78, 5) is 20.4. The third-order valence-corrected chi connectivity index (χ3v) is 0.666. The van der Waals surface area contributed by atoms with E-state index in [0.29, 0.717) is 6.42 Å². The lowest BCUT2D eigenvalue weighted by atomic mass is 10.3. The first-order valence-electron chi connectivity index (χ1n) is 2.55. The molecule has 3 amide bonds. The molecule has 0 atom stereocenters. The number of rotatable bonds is 2. The maximum Gasteiger partial charge on any atom is 0.318 e. The molecule has 1 radical (unpaired) electrons. The molecule has 3 N–H and O–H groups in total. The Kier molecular flexibility index (Phi) is 3.43. The van der Waals surface area contributed by atoms with Crippen LogP contribution in [0.15, 0.2) is 0 Å². The highest BCUT2D eigenvalue weighted by molar-refractivity contribution is 5.93. The van der Waals surface area contributed by atoms with E-state index in [1.165, 1.54) is 0 Å². The van der Waals surface area contributed by atoms with Crippen LogP contribution in [0.4, 0.5) is 4.79 Å². The maximum atomic E-state index is 10.4. The lowest BCUT2D eigenvalue weighted by Crippen LogP contribution is -2.34. The number of nitrogens with two attached hydrogens (primary N) is 1. The van der Waals surface area contributed by atoms with Crippen LogP contribution >= 0.6 is 0 Å². The Bertz CT molecular complexity index is 122.